The van der Waals surface area contributed by atoms with E-state index in [0.29, 0.717) is 18.8 Å². The molecule has 116 valence electrons. The zero-order chi connectivity index (χ0) is 15.5. The Morgan fingerprint density at radius 3 is 2.73 bits per heavy atom. The third-order valence-corrected chi connectivity index (χ3v) is 3.55. The SMILES string of the molecule is COc1cnc(OC2CCN(c3ncc(Cl)cc3F)C2)nc1. The summed E-state index contributed by atoms with van der Waals surface area (Å²) in [6.45, 7) is 1.16. The second kappa shape index (κ2) is 6.31. The van der Waals surface area contributed by atoms with Crippen LogP contribution < -0.4 is 14.4 Å². The summed E-state index contributed by atoms with van der Waals surface area (Å²) >= 11 is 5.71. The first-order valence-corrected chi connectivity index (χ1v) is 7.12. The molecule has 0 aliphatic carbocycles. The summed E-state index contributed by atoms with van der Waals surface area (Å²) < 4.78 is 24.6. The lowest BCUT2D eigenvalue weighted by atomic mass is 10.3. The highest BCUT2D eigenvalue weighted by molar-refractivity contribution is 6.30. The van der Waals surface area contributed by atoms with Crippen LogP contribution in [-0.4, -0.2) is 41.3 Å². The van der Waals surface area contributed by atoms with Crippen LogP contribution in [-0.2, 0) is 0 Å². The van der Waals surface area contributed by atoms with Crippen molar-refractivity contribution in [1.29, 1.82) is 0 Å². The van der Waals surface area contributed by atoms with Crippen LogP contribution in [0.15, 0.2) is 24.7 Å². The summed E-state index contributed by atoms with van der Waals surface area (Å²) in [5.74, 6) is 0.410. The maximum atomic E-state index is 13.9. The number of nitrogens with zero attached hydrogens (tertiary/aromatic N) is 4. The van der Waals surface area contributed by atoms with Gasteiger partial charge in [0, 0.05) is 19.2 Å². The largest absolute Gasteiger partial charge is 0.494 e. The average molecular weight is 325 g/mol. The van der Waals surface area contributed by atoms with Gasteiger partial charge in [0.2, 0.25) is 0 Å². The number of rotatable bonds is 4. The van der Waals surface area contributed by atoms with Gasteiger partial charge in [0.05, 0.1) is 31.1 Å². The molecule has 0 N–H and O–H groups in total. The third kappa shape index (κ3) is 3.19. The zero-order valence-corrected chi connectivity index (χ0v) is 12.6. The van der Waals surface area contributed by atoms with E-state index in [2.05, 4.69) is 15.0 Å². The van der Waals surface area contributed by atoms with Crippen LogP contribution in [0.4, 0.5) is 10.2 Å². The zero-order valence-electron chi connectivity index (χ0n) is 11.9. The Kier molecular flexibility index (Phi) is 4.24. The molecule has 0 saturated carbocycles. The monoisotopic (exact) mass is 324 g/mol. The number of hydrogen-bond acceptors (Lipinski definition) is 6. The Morgan fingerprint density at radius 2 is 2.05 bits per heavy atom. The smallest absolute Gasteiger partial charge is 0.316 e. The molecule has 22 heavy (non-hydrogen) atoms. The van der Waals surface area contributed by atoms with E-state index in [-0.39, 0.29) is 23.0 Å². The van der Waals surface area contributed by atoms with Gasteiger partial charge in [0.1, 0.15) is 6.10 Å². The highest BCUT2D eigenvalue weighted by Crippen LogP contribution is 2.25. The van der Waals surface area contributed by atoms with Gasteiger partial charge in [-0.2, -0.15) is 9.97 Å². The van der Waals surface area contributed by atoms with Crippen molar-refractivity contribution >= 4 is 17.4 Å². The number of methoxy groups -OCH3 is 1. The van der Waals surface area contributed by atoms with Crippen LogP contribution in [0.2, 0.25) is 5.02 Å². The van der Waals surface area contributed by atoms with Crippen LogP contribution in [0.5, 0.6) is 11.8 Å². The maximum absolute atomic E-state index is 13.9. The number of aromatic nitrogens is 3. The average Bonchev–Trinajstić information content (AvgIpc) is 2.96. The van der Waals surface area contributed by atoms with Crippen molar-refractivity contribution in [2.24, 2.45) is 0 Å². The van der Waals surface area contributed by atoms with Crippen molar-refractivity contribution in [1.82, 2.24) is 15.0 Å². The molecule has 1 aliphatic rings. The van der Waals surface area contributed by atoms with Crippen LogP contribution in [0.25, 0.3) is 0 Å². The van der Waals surface area contributed by atoms with Crippen molar-refractivity contribution < 1.29 is 13.9 Å². The topological polar surface area (TPSA) is 60.4 Å². The van der Waals surface area contributed by atoms with Gasteiger partial charge in [-0.15, -0.1) is 0 Å². The molecule has 0 amide bonds. The Morgan fingerprint density at radius 1 is 1.27 bits per heavy atom. The minimum Gasteiger partial charge on any atom is -0.494 e. The van der Waals surface area contributed by atoms with Crippen LogP contribution in [0.1, 0.15) is 6.42 Å². The molecule has 0 spiro atoms. The fraction of sp³-hybridized carbons (Fsp3) is 0.357. The molecule has 0 radical (unpaired) electrons. The first kappa shape index (κ1) is 14.8. The van der Waals surface area contributed by atoms with Crippen LogP contribution in [0, 0.1) is 5.82 Å². The van der Waals surface area contributed by atoms with Crippen molar-refractivity contribution in [2.75, 3.05) is 25.1 Å². The minimum absolute atomic E-state index is 0.120. The third-order valence-electron chi connectivity index (χ3n) is 3.35. The van der Waals surface area contributed by atoms with Gasteiger partial charge < -0.3 is 14.4 Å². The summed E-state index contributed by atoms with van der Waals surface area (Å²) in [5.41, 5.74) is 0. The summed E-state index contributed by atoms with van der Waals surface area (Å²) in [4.78, 5) is 14.0. The Bertz CT molecular complexity index is 656. The number of hydrogen-bond donors (Lipinski definition) is 0. The first-order chi connectivity index (χ1) is 10.7. The van der Waals surface area contributed by atoms with Crippen molar-refractivity contribution in [2.45, 2.75) is 12.5 Å². The van der Waals surface area contributed by atoms with Gasteiger partial charge in [-0.3, -0.25) is 0 Å². The van der Waals surface area contributed by atoms with E-state index in [9.17, 15) is 4.39 Å². The molecular formula is C14H14ClFN4O2. The molecule has 6 nitrogen and oxygen atoms in total. The van der Waals surface area contributed by atoms with Crippen molar-refractivity contribution in [3.63, 3.8) is 0 Å². The molecule has 1 saturated heterocycles. The van der Waals surface area contributed by atoms with Gasteiger partial charge in [-0.25, -0.2) is 9.37 Å². The molecule has 3 heterocycles. The molecule has 2 aromatic rings. The number of anilines is 1. The fourth-order valence-electron chi connectivity index (χ4n) is 2.28. The lowest BCUT2D eigenvalue weighted by Crippen LogP contribution is -2.26. The summed E-state index contributed by atoms with van der Waals surface area (Å²) in [6, 6.07) is 1.53. The Hall–Kier alpha value is -2.15. The van der Waals surface area contributed by atoms with Gasteiger partial charge in [0.25, 0.3) is 0 Å². The molecule has 1 fully saturated rings. The van der Waals surface area contributed by atoms with Gasteiger partial charge in [0.15, 0.2) is 17.4 Å². The van der Waals surface area contributed by atoms with E-state index in [1.165, 1.54) is 24.7 Å². The highest BCUT2D eigenvalue weighted by Gasteiger charge is 2.27. The van der Waals surface area contributed by atoms with E-state index >= 15 is 0 Å². The van der Waals surface area contributed by atoms with Crippen LogP contribution in [0.3, 0.4) is 0 Å². The van der Waals surface area contributed by atoms with Gasteiger partial charge in [-0.1, -0.05) is 11.6 Å². The number of pyridine rings is 1. The molecule has 1 aliphatic heterocycles. The second-order valence-corrected chi connectivity index (χ2v) is 5.28. The predicted octanol–water partition coefficient (Wildman–Crippen LogP) is 2.33. The quantitative estimate of drug-likeness (QED) is 0.860. The molecule has 1 unspecified atom stereocenters. The van der Waals surface area contributed by atoms with Gasteiger partial charge >= 0.3 is 6.01 Å². The van der Waals surface area contributed by atoms with E-state index in [1.807, 2.05) is 4.90 Å². The molecule has 0 aromatic carbocycles. The predicted molar refractivity (Wildman–Crippen MR) is 79.0 cm³/mol. The molecular weight excluding hydrogens is 311 g/mol. The minimum atomic E-state index is -0.436. The Labute approximate surface area is 131 Å². The first-order valence-electron chi connectivity index (χ1n) is 6.74. The summed E-state index contributed by atoms with van der Waals surface area (Å²) in [5, 5.41) is 0.278. The lowest BCUT2D eigenvalue weighted by Gasteiger charge is -2.18. The molecule has 1 atom stereocenters. The Balaban J connectivity index is 1.64. The fourth-order valence-corrected chi connectivity index (χ4v) is 2.42. The van der Waals surface area contributed by atoms with Crippen molar-refractivity contribution in [3.05, 3.63) is 35.5 Å². The summed E-state index contributed by atoms with van der Waals surface area (Å²) in [7, 11) is 1.54. The van der Waals surface area contributed by atoms with Gasteiger partial charge in [-0.05, 0) is 6.07 Å². The van der Waals surface area contributed by atoms with Crippen molar-refractivity contribution in [3.8, 4) is 11.8 Å². The van der Waals surface area contributed by atoms with E-state index in [0.717, 1.165) is 6.42 Å². The van der Waals surface area contributed by atoms with Crippen LogP contribution >= 0.6 is 11.6 Å². The lowest BCUT2D eigenvalue weighted by molar-refractivity contribution is 0.205. The van der Waals surface area contributed by atoms with E-state index < -0.39 is 5.82 Å². The summed E-state index contributed by atoms with van der Waals surface area (Å²) in [6.07, 6.45) is 5.12. The molecule has 0 bridgehead atoms. The highest BCUT2D eigenvalue weighted by atomic mass is 35.5. The van der Waals surface area contributed by atoms with E-state index in [1.54, 1.807) is 7.11 Å². The number of halogens is 2. The van der Waals surface area contributed by atoms with E-state index in [4.69, 9.17) is 21.1 Å². The second-order valence-electron chi connectivity index (χ2n) is 4.84. The molecule has 8 heteroatoms. The molecule has 2 aromatic heterocycles. The molecule has 3 rings (SSSR count). The number of ether oxygens (including phenoxy) is 2. The standard InChI is InChI=1S/C14H14ClFN4O2/c1-21-11-6-18-14(19-7-11)22-10-2-3-20(8-10)13-12(16)4-9(15)5-17-13/h4-7,10H,2-3,8H2,1H3. The normalized spacial score (nSPS) is 17.6. The maximum Gasteiger partial charge on any atom is 0.316 e.